The number of hydrogen-bond donors (Lipinski definition) is 0. The van der Waals surface area contributed by atoms with Crippen LogP contribution in [0.4, 0.5) is 0 Å². The molecule has 1 saturated heterocycles. The van der Waals surface area contributed by atoms with Gasteiger partial charge in [-0.25, -0.2) is 0 Å². The SMILES string of the molecule is c1ccc([C]2OCCO2)cc1. The van der Waals surface area contributed by atoms with Gasteiger partial charge < -0.3 is 9.47 Å². The minimum atomic E-state index is 0.658. The van der Waals surface area contributed by atoms with Gasteiger partial charge in [-0.15, -0.1) is 0 Å². The molecule has 57 valence electrons. The first-order valence-corrected chi connectivity index (χ1v) is 3.65. The Bertz CT molecular complexity index is 214. The molecule has 0 unspecified atom stereocenters. The van der Waals surface area contributed by atoms with E-state index >= 15 is 0 Å². The summed E-state index contributed by atoms with van der Waals surface area (Å²) in [4.78, 5) is 0. The molecular weight excluding hydrogens is 140 g/mol. The predicted molar refractivity (Wildman–Crippen MR) is 40.7 cm³/mol. The van der Waals surface area contributed by atoms with Crippen LogP contribution in [0.3, 0.4) is 0 Å². The first-order chi connectivity index (χ1) is 5.47. The van der Waals surface area contributed by atoms with Crippen LogP contribution in [0.5, 0.6) is 0 Å². The molecule has 0 aromatic heterocycles. The van der Waals surface area contributed by atoms with Crippen molar-refractivity contribution >= 4 is 0 Å². The molecule has 1 aromatic rings. The van der Waals surface area contributed by atoms with Crippen LogP contribution in [0.2, 0.25) is 0 Å². The number of benzene rings is 1. The third-order valence-electron chi connectivity index (χ3n) is 1.56. The minimum Gasteiger partial charge on any atom is -0.339 e. The molecule has 0 spiro atoms. The largest absolute Gasteiger partial charge is 0.339 e. The van der Waals surface area contributed by atoms with E-state index in [0.29, 0.717) is 19.5 Å². The van der Waals surface area contributed by atoms with Crippen molar-refractivity contribution in [2.24, 2.45) is 0 Å². The molecule has 1 radical (unpaired) electrons. The lowest BCUT2D eigenvalue weighted by Gasteiger charge is -2.04. The first-order valence-electron chi connectivity index (χ1n) is 3.65. The molecule has 1 aliphatic heterocycles. The maximum absolute atomic E-state index is 5.23. The average molecular weight is 149 g/mol. The lowest BCUT2D eigenvalue weighted by Crippen LogP contribution is -1.97. The molecule has 1 fully saturated rings. The van der Waals surface area contributed by atoms with Gasteiger partial charge in [-0.3, -0.25) is 0 Å². The minimum absolute atomic E-state index is 0.658. The van der Waals surface area contributed by atoms with E-state index in [2.05, 4.69) is 0 Å². The standard InChI is InChI=1S/C9H9O2/c1-2-4-8(5-3-1)9-10-6-7-11-9/h1-5H,6-7H2. The van der Waals surface area contributed by atoms with E-state index in [4.69, 9.17) is 9.47 Å². The Morgan fingerprint density at radius 2 is 1.55 bits per heavy atom. The van der Waals surface area contributed by atoms with Gasteiger partial charge in [0.15, 0.2) is 0 Å². The smallest absolute Gasteiger partial charge is 0.256 e. The summed E-state index contributed by atoms with van der Waals surface area (Å²) in [5.41, 5.74) is 1.02. The summed E-state index contributed by atoms with van der Waals surface area (Å²) in [6.07, 6.45) is 0.658. The molecule has 0 aliphatic carbocycles. The molecule has 0 atom stereocenters. The zero-order chi connectivity index (χ0) is 7.52. The molecule has 0 saturated carbocycles. The Morgan fingerprint density at radius 1 is 0.909 bits per heavy atom. The Kier molecular flexibility index (Phi) is 1.88. The molecular formula is C9H9O2. The van der Waals surface area contributed by atoms with Crippen molar-refractivity contribution in [2.45, 2.75) is 0 Å². The lowest BCUT2D eigenvalue weighted by atomic mass is 10.2. The van der Waals surface area contributed by atoms with E-state index in [1.54, 1.807) is 0 Å². The Labute approximate surface area is 65.7 Å². The molecule has 1 aromatic carbocycles. The molecule has 2 nitrogen and oxygen atoms in total. The summed E-state index contributed by atoms with van der Waals surface area (Å²) < 4.78 is 10.5. The van der Waals surface area contributed by atoms with Crippen LogP contribution in [-0.4, -0.2) is 13.2 Å². The maximum atomic E-state index is 5.23. The van der Waals surface area contributed by atoms with Crippen LogP contribution >= 0.6 is 0 Å². The van der Waals surface area contributed by atoms with Crippen molar-refractivity contribution < 1.29 is 9.47 Å². The Balaban J connectivity index is 2.16. The monoisotopic (exact) mass is 149 g/mol. The summed E-state index contributed by atoms with van der Waals surface area (Å²) in [6.45, 7) is 1.34. The van der Waals surface area contributed by atoms with Gasteiger partial charge in [0.25, 0.3) is 6.29 Å². The molecule has 1 aliphatic rings. The second-order valence-electron chi connectivity index (χ2n) is 2.35. The van der Waals surface area contributed by atoms with Crippen molar-refractivity contribution in [3.63, 3.8) is 0 Å². The zero-order valence-electron chi connectivity index (χ0n) is 6.12. The highest BCUT2D eigenvalue weighted by atomic mass is 16.7. The predicted octanol–water partition coefficient (Wildman–Crippen LogP) is 1.57. The summed E-state index contributed by atoms with van der Waals surface area (Å²) in [6, 6.07) is 9.85. The van der Waals surface area contributed by atoms with Gasteiger partial charge in [0.05, 0.1) is 13.2 Å². The van der Waals surface area contributed by atoms with E-state index in [0.717, 1.165) is 5.56 Å². The van der Waals surface area contributed by atoms with Crippen LogP contribution < -0.4 is 0 Å². The first kappa shape index (κ1) is 6.83. The van der Waals surface area contributed by atoms with E-state index in [-0.39, 0.29) is 0 Å². The summed E-state index contributed by atoms with van der Waals surface area (Å²) >= 11 is 0. The molecule has 11 heavy (non-hydrogen) atoms. The second-order valence-corrected chi connectivity index (χ2v) is 2.35. The zero-order valence-corrected chi connectivity index (χ0v) is 6.12. The van der Waals surface area contributed by atoms with Crippen LogP contribution in [0.15, 0.2) is 30.3 Å². The maximum Gasteiger partial charge on any atom is 0.256 e. The van der Waals surface area contributed by atoms with Crippen LogP contribution in [0, 0.1) is 6.29 Å². The third kappa shape index (κ3) is 1.42. The number of rotatable bonds is 1. The second kappa shape index (κ2) is 3.03. The molecule has 0 amide bonds. The summed E-state index contributed by atoms with van der Waals surface area (Å²) in [7, 11) is 0. The van der Waals surface area contributed by atoms with Gasteiger partial charge in [-0.2, -0.15) is 0 Å². The van der Waals surface area contributed by atoms with Gasteiger partial charge in [-0.05, 0) is 0 Å². The fourth-order valence-electron chi connectivity index (χ4n) is 1.05. The molecule has 0 N–H and O–H groups in total. The van der Waals surface area contributed by atoms with Crippen molar-refractivity contribution in [3.05, 3.63) is 42.2 Å². The Morgan fingerprint density at radius 3 is 2.18 bits per heavy atom. The highest BCUT2D eigenvalue weighted by molar-refractivity contribution is 5.24. The normalized spacial score (nSPS) is 18.9. The quantitative estimate of drug-likeness (QED) is 0.603. The van der Waals surface area contributed by atoms with E-state index in [1.165, 1.54) is 0 Å². The fourth-order valence-corrected chi connectivity index (χ4v) is 1.05. The average Bonchev–Trinajstić information content (AvgIpc) is 2.58. The Hall–Kier alpha value is -0.860. The van der Waals surface area contributed by atoms with Gasteiger partial charge in [-0.1, -0.05) is 30.3 Å². The van der Waals surface area contributed by atoms with Gasteiger partial charge in [0.1, 0.15) is 0 Å². The van der Waals surface area contributed by atoms with E-state index in [9.17, 15) is 0 Å². The van der Waals surface area contributed by atoms with Crippen LogP contribution in [0.25, 0.3) is 0 Å². The summed E-state index contributed by atoms with van der Waals surface area (Å²) in [5.74, 6) is 0. The lowest BCUT2D eigenvalue weighted by molar-refractivity contribution is 0.0997. The fraction of sp³-hybridized carbons (Fsp3) is 0.222. The van der Waals surface area contributed by atoms with Crippen molar-refractivity contribution in [1.82, 2.24) is 0 Å². The third-order valence-corrected chi connectivity index (χ3v) is 1.56. The molecule has 2 rings (SSSR count). The van der Waals surface area contributed by atoms with Crippen LogP contribution in [0.1, 0.15) is 5.56 Å². The number of ether oxygens (including phenoxy) is 2. The van der Waals surface area contributed by atoms with Gasteiger partial charge in [0.2, 0.25) is 0 Å². The topological polar surface area (TPSA) is 18.5 Å². The number of hydrogen-bond acceptors (Lipinski definition) is 2. The highest BCUT2D eigenvalue weighted by Gasteiger charge is 2.19. The van der Waals surface area contributed by atoms with Crippen molar-refractivity contribution in [1.29, 1.82) is 0 Å². The van der Waals surface area contributed by atoms with Crippen molar-refractivity contribution in [2.75, 3.05) is 13.2 Å². The van der Waals surface area contributed by atoms with Gasteiger partial charge in [0, 0.05) is 5.56 Å². The summed E-state index contributed by atoms with van der Waals surface area (Å²) in [5, 5.41) is 0. The van der Waals surface area contributed by atoms with Gasteiger partial charge >= 0.3 is 0 Å². The highest BCUT2D eigenvalue weighted by Crippen LogP contribution is 2.20. The van der Waals surface area contributed by atoms with E-state index < -0.39 is 0 Å². The van der Waals surface area contributed by atoms with E-state index in [1.807, 2.05) is 30.3 Å². The van der Waals surface area contributed by atoms with Crippen LogP contribution in [-0.2, 0) is 9.47 Å². The molecule has 2 heteroatoms. The van der Waals surface area contributed by atoms with Crippen molar-refractivity contribution in [3.8, 4) is 0 Å². The molecule has 1 heterocycles. The molecule has 0 bridgehead atoms.